The van der Waals surface area contributed by atoms with E-state index in [1.54, 1.807) is 18.2 Å². The van der Waals surface area contributed by atoms with E-state index >= 15 is 0 Å². The van der Waals surface area contributed by atoms with Crippen LogP contribution in [0, 0.1) is 0 Å². The molecule has 0 amide bonds. The van der Waals surface area contributed by atoms with Gasteiger partial charge < -0.3 is 9.13 Å². The molecule has 0 fully saturated rings. The quantitative estimate of drug-likeness (QED) is 0.165. The first-order valence-electron chi connectivity index (χ1n) is 28.7. The summed E-state index contributed by atoms with van der Waals surface area (Å²) in [6.45, 7) is 0. The molecular formula is C54H34N2S. The smallest absolute Gasteiger partial charge is 0.0660 e. The van der Waals surface area contributed by atoms with Gasteiger partial charge in [0, 0.05) is 53.1 Å². The lowest BCUT2D eigenvalue weighted by atomic mass is 9.99. The van der Waals surface area contributed by atoms with Gasteiger partial charge in [0.05, 0.1) is 52.2 Å². The fraction of sp³-hybridized carbons (Fsp3) is 0. The van der Waals surface area contributed by atoms with Crippen molar-refractivity contribution in [1.82, 2.24) is 9.13 Å². The molecular weight excluding hydrogens is 709 g/mol. The van der Waals surface area contributed by atoms with Crippen LogP contribution in [-0.4, -0.2) is 9.13 Å². The van der Waals surface area contributed by atoms with Crippen LogP contribution in [0.1, 0.15) is 30.2 Å². The maximum Gasteiger partial charge on any atom is 0.0660 e. The monoisotopic (exact) mass is 764 g/mol. The van der Waals surface area contributed by atoms with Crippen LogP contribution in [0.25, 0.3) is 109 Å². The molecule has 9 aromatic carbocycles. The number of rotatable bonds is 5. The Kier molecular flexibility index (Phi) is 3.85. The maximum atomic E-state index is 9.99. The van der Waals surface area contributed by atoms with Crippen molar-refractivity contribution < 1.29 is 30.2 Å². The van der Waals surface area contributed by atoms with Gasteiger partial charge in [-0.15, -0.1) is 11.3 Å². The van der Waals surface area contributed by atoms with Crippen LogP contribution in [-0.2, 0) is 0 Å². The highest BCUT2D eigenvalue weighted by atomic mass is 32.1. The number of fused-ring (bicyclic) bond motifs is 9. The minimum absolute atomic E-state index is 0.0865. The summed E-state index contributed by atoms with van der Waals surface area (Å²) in [7, 11) is 0. The SMILES string of the molecule is [2H]c1cc(-c2c([2H])c([2H])c([2H])c3sc4c([2H])c(-n5c6c([2H])c([2H])c([2H])c([2H])c6c6c([2H])c(-c7c([2H])c([2H])c8c(c7[2H])c7c([2H])c([2H])c([2H])c([2H])c7n8-c7cccc(-c8ccccc8)c7)c([2H])c([2H])c65)ccc4c23)c([2H])c([2H])c1[2H]. The van der Waals surface area contributed by atoms with Gasteiger partial charge >= 0.3 is 0 Å². The summed E-state index contributed by atoms with van der Waals surface area (Å²) in [4.78, 5) is 0. The predicted molar refractivity (Wildman–Crippen MR) is 244 cm³/mol. The third-order valence-corrected chi connectivity index (χ3v) is 11.1. The fourth-order valence-electron chi connectivity index (χ4n) is 7.54. The van der Waals surface area contributed by atoms with E-state index in [4.69, 9.17) is 15.1 Å². The highest BCUT2D eigenvalue weighted by Crippen LogP contribution is 2.43. The molecule has 3 heteroatoms. The lowest BCUT2D eigenvalue weighted by Crippen LogP contribution is -1.94. The molecule has 12 aromatic rings. The Balaban J connectivity index is 1.18. The van der Waals surface area contributed by atoms with Crippen LogP contribution >= 0.6 is 11.3 Å². The molecule has 266 valence electrons. The molecule has 0 bridgehead atoms. The van der Waals surface area contributed by atoms with Gasteiger partial charge in [0.25, 0.3) is 0 Å². The van der Waals surface area contributed by atoms with Gasteiger partial charge in [-0.1, -0.05) is 139 Å². The van der Waals surface area contributed by atoms with E-state index in [2.05, 4.69) is 0 Å². The van der Waals surface area contributed by atoms with Gasteiger partial charge in [-0.25, -0.2) is 0 Å². The van der Waals surface area contributed by atoms with Crippen molar-refractivity contribution in [1.29, 1.82) is 0 Å². The molecule has 3 aromatic heterocycles. The molecule has 0 atom stereocenters. The molecule has 0 aliphatic carbocycles. The van der Waals surface area contributed by atoms with Crippen molar-refractivity contribution in [2.75, 3.05) is 0 Å². The molecule has 0 unspecified atom stereocenters. The van der Waals surface area contributed by atoms with E-state index in [-0.39, 0.29) is 86.6 Å². The van der Waals surface area contributed by atoms with Gasteiger partial charge in [-0.3, -0.25) is 0 Å². The summed E-state index contributed by atoms with van der Waals surface area (Å²) >= 11 is 0.855. The summed E-state index contributed by atoms with van der Waals surface area (Å²) in [5.41, 5.74) is -0.621. The Labute approximate surface area is 364 Å². The number of hydrogen-bond donors (Lipinski definition) is 0. The summed E-state index contributed by atoms with van der Waals surface area (Å²) < 4.78 is 204. The second-order valence-corrected chi connectivity index (χ2v) is 14.2. The first-order valence-corrected chi connectivity index (χ1v) is 18.5. The summed E-state index contributed by atoms with van der Waals surface area (Å²) in [6.07, 6.45) is 0. The van der Waals surface area contributed by atoms with E-state index in [0.717, 1.165) is 27.5 Å². The average molecular weight is 765 g/mol. The van der Waals surface area contributed by atoms with E-state index in [0.29, 0.717) is 11.3 Å². The van der Waals surface area contributed by atoms with Crippen molar-refractivity contribution in [2.24, 2.45) is 0 Å². The van der Waals surface area contributed by atoms with Crippen molar-refractivity contribution in [3.05, 3.63) is 206 Å². The number of para-hydroxylation sites is 2. The third kappa shape index (κ3) is 5.03. The zero-order chi connectivity index (χ0) is 56.6. The lowest BCUT2D eigenvalue weighted by molar-refractivity contribution is 1.18. The molecule has 0 N–H and O–H groups in total. The molecule has 12 rings (SSSR count). The van der Waals surface area contributed by atoms with Crippen LogP contribution < -0.4 is 0 Å². The van der Waals surface area contributed by atoms with E-state index < -0.39 is 138 Å². The predicted octanol–water partition coefficient (Wildman–Crippen LogP) is 15.2. The number of nitrogens with zero attached hydrogens (tertiary/aromatic N) is 2. The maximum absolute atomic E-state index is 9.99. The van der Waals surface area contributed by atoms with Crippen molar-refractivity contribution in [3.63, 3.8) is 0 Å². The van der Waals surface area contributed by atoms with Gasteiger partial charge in [-0.05, 0) is 99.9 Å². The van der Waals surface area contributed by atoms with Crippen LogP contribution in [0.5, 0.6) is 0 Å². The molecule has 0 aliphatic heterocycles. The fourth-order valence-corrected chi connectivity index (χ4v) is 8.60. The minimum atomic E-state index is -0.796. The summed E-state index contributed by atoms with van der Waals surface area (Å²) in [6, 6.07) is 6.85. The summed E-state index contributed by atoms with van der Waals surface area (Å²) in [5, 5.41) is -0.757. The largest absolute Gasteiger partial charge is 0.309 e. The van der Waals surface area contributed by atoms with Crippen LogP contribution in [0.3, 0.4) is 0 Å². The van der Waals surface area contributed by atoms with Crippen molar-refractivity contribution in [2.45, 2.75) is 0 Å². The zero-order valence-electron chi connectivity index (χ0n) is 51.2. The van der Waals surface area contributed by atoms with Crippen LogP contribution in [0.15, 0.2) is 206 Å². The molecule has 57 heavy (non-hydrogen) atoms. The standard InChI is InChI=1S/C54H34N2S/c1-3-13-35(14-4-1)37-17-11-18-40(31-37)55-48-22-9-7-19-43(48)46-32-38(25-29-50(46)55)39-26-30-51-47(33-39)44-20-8-10-23-49(44)56(51)41-27-28-45-53(34-41)57-52-24-12-21-42(54(45)52)36-15-5-2-6-16-36/h1-34H/i2D,5D,6D,7D,8D,9D,10D,12D,15D,19D,20D,21D,22D,23D,24D,25D,26D,29D,30D,32D,33D,34D. The first kappa shape index (κ1) is 17.3. The normalized spacial score (nSPS) is 17.3. The second-order valence-electron chi connectivity index (χ2n) is 13.2. The zero-order valence-corrected chi connectivity index (χ0v) is 30.0. The molecule has 0 spiro atoms. The molecule has 0 saturated heterocycles. The topological polar surface area (TPSA) is 9.86 Å². The van der Waals surface area contributed by atoms with E-state index in [9.17, 15) is 15.1 Å². The highest BCUT2D eigenvalue weighted by molar-refractivity contribution is 7.26. The van der Waals surface area contributed by atoms with Gasteiger partial charge in [0.1, 0.15) is 0 Å². The van der Waals surface area contributed by atoms with E-state index in [1.807, 2.05) is 36.4 Å². The minimum Gasteiger partial charge on any atom is -0.309 e. The first-order chi connectivity index (χ1) is 37.4. The average Bonchev–Trinajstić information content (AvgIpc) is 3.70. The number of hydrogen-bond acceptors (Lipinski definition) is 1. The highest BCUT2D eigenvalue weighted by Gasteiger charge is 2.18. The Morgan fingerprint density at radius 2 is 1.04 bits per heavy atom. The number of aromatic nitrogens is 2. The Hall–Kier alpha value is -7.20. The van der Waals surface area contributed by atoms with Crippen LogP contribution in [0.4, 0.5) is 0 Å². The molecule has 0 aliphatic rings. The van der Waals surface area contributed by atoms with Gasteiger partial charge in [0.15, 0.2) is 0 Å². The Bertz CT molecular complexity index is 4810. The second kappa shape index (κ2) is 12.7. The van der Waals surface area contributed by atoms with Crippen molar-refractivity contribution in [3.8, 4) is 44.8 Å². The van der Waals surface area contributed by atoms with E-state index in [1.165, 1.54) is 16.7 Å². The lowest BCUT2D eigenvalue weighted by Gasteiger charge is -2.11. The van der Waals surface area contributed by atoms with Gasteiger partial charge in [0.2, 0.25) is 0 Å². The molecule has 0 radical (unpaired) electrons. The number of thiophene rings is 1. The van der Waals surface area contributed by atoms with Crippen molar-refractivity contribution >= 4 is 75.1 Å². The third-order valence-electron chi connectivity index (χ3n) is 10.0. The Morgan fingerprint density at radius 1 is 0.368 bits per heavy atom. The molecule has 3 heterocycles. The Morgan fingerprint density at radius 3 is 1.79 bits per heavy atom. The molecule has 0 saturated carbocycles. The molecule has 2 nitrogen and oxygen atoms in total. The van der Waals surface area contributed by atoms with Crippen LogP contribution in [0.2, 0.25) is 0 Å². The number of benzene rings is 9. The van der Waals surface area contributed by atoms with Gasteiger partial charge in [-0.2, -0.15) is 0 Å². The summed E-state index contributed by atoms with van der Waals surface area (Å²) in [5.74, 6) is 0.